The fourth-order valence-corrected chi connectivity index (χ4v) is 2.11. The summed E-state index contributed by atoms with van der Waals surface area (Å²) in [7, 11) is 0. The van der Waals surface area contributed by atoms with Crippen LogP contribution < -0.4 is 4.74 Å². The number of carbonyl (C=O) groups excluding carboxylic acids is 1. The van der Waals surface area contributed by atoms with Gasteiger partial charge >= 0.3 is 5.97 Å². The van der Waals surface area contributed by atoms with Crippen LogP contribution in [0.5, 0.6) is 5.75 Å². The molecule has 0 amide bonds. The highest BCUT2D eigenvalue weighted by molar-refractivity contribution is 5.92. The van der Waals surface area contributed by atoms with Crippen molar-refractivity contribution in [2.24, 2.45) is 0 Å². The zero-order valence-electron chi connectivity index (χ0n) is 11.1. The lowest BCUT2D eigenvalue weighted by Gasteiger charge is -2.06. The van der Waals surface area contributed by atoms with Gasteiger partial charge in [0.15, 0.2) is 0 Å². The SMILES string of the molecule is N#Cc1cccc(C(=O)Oc2ccc3ccccc3c2)c1. The third-order valence-corrected chi connectivity index (χ3v) is 3.16. The summed E-state index contributed by atoms with van der Waals surface area (Å²) in [5.74, 6) is 0.0171. The Morgan fingerprint density at radius 1 is 0.905 bits per heavy atom. The van der Waals surface area contributed by atoms with Crippen LogP contribution in [-0.2, 0) is 0 Å². The van der Waals surface area contributed by atoms with Gasteiger partial charge in [0.05, 0.1) is 17.2 Å². The van der Waals surface area contributed by atoms with E-state index in [2.05, 4.69) is 0 Å². The molecule has 0 bridgehead atoms. The minimum Gasteiger partial charge on any atom is -0.423 e. The molecular weight excluding hydrogens is 262 g/mol. The second kappa shape index (κ2) is 5.48. The van der Waals surface area contributed by atoms with E-state index in [-0.39, 0.29) is 0 Å². The number of hydrogen-bond acceptors (Lipinski definition) is 3. The van der Waals surface area contributed by atoms with Crippen LogP contribution in [0.2, 0.25) is 0 Å². The number of carbonyl (C=O) groups is 1. The minimum atomic E-state index is -0.470. The zero-order valence-corrected chi connectivity index (χ0v) is 11.1. The molecule has 100 valence electrons. The van der Waals surface area contributed by atoms with Gasteiger partial charge in [0.25, 0.3) is 0 Å². The Balaban J connectivity index is 1.87. The van der Waals surface area contributed by atoms with Crippen LogP contribution in [0.3, 0.4) is 0 Å². The Morgan fingerprint density at radius 2 is 1.71 bits per heavy atom. The molecule has 0 aliphatic heterocycles. The van der Waals surface area contributed by atoms with Crippen molar-refractivity contribution >= 4 is 16.7 Å². The quantitative estimate of drug-likeness (QED) is 0.525. The van der Waals surface area contributed by atoms with Gasteiger partial charge in [0.2, 0.25) is 0 Å². The number of fused-ring (bicyclic) bond motifs is 1. The van der Waals surface area contributed by atoms with Crippen LogP contribution in [0.4, 0.5) is 0 Å². The number of nitrogens with zero attached hydrogens (tertiary/aromatic N) is 1. The van der Waals surface area contributed by atoms with E-state index < -0.39 is 5.97 Å². The van der Waals surface area contributed by atoms with E-state index in [1.54, 1.807) is 24.3 Å². The van der Waals surface area contributed by atoms with Gasteiger partial charge in [0, 0.05) is 0 Å². The molecule has 0 fully saturated rings. The Bertz CT molecular complexity index is 862. The van der Waals surface area contributed by atoms with E-state index >= 15 is 0 Å². The maximum Gasteiger partial charge on any atom is 0.343 e. The third-order valence-electron chi connectivity index (χ3n) is 3.16. The molecule has 3 nitrogen and oxygen atoms in total. The van der Waals surface area contributed by atoms with E-state index in [1.165, 1.54) is 6.07 Å². The molecule has 0 N–H and O–H groups in total. The van der Waals surface area contributed by atoms with Gasteiger partial charge in [-0.05, 0) is 41.1 Å². The van der Waals surface area contributed by atoms with Gasteiger partial charge in [-0.2, -0.15) is 5.26 Å². The summed E-state index contributed by atoms with van der Waals surface area (Å²) in [5.41, 5.74) is 0.796. The van der Waals surface area contributed by atoms with Gasteiger partial charge in [-0.3, -0.25) is 0 Å². The average molecular weight is 273 g/mol. The first kappa shape index (κ1) is 12.9. The second-order valence-electron chi connectivity index (χ2n) is 4.59. The van der Waals surface area contributed by atoms with Crippen molar-refractivity contribution in [1.29, 1.82) is 5.26 Å². The molecular formula is C18H11NO2. The Labute approximate surface area is 122 Å². The predicted molar refractivity (Wildman–Crippen MR) is 80.1 cm³/mol. The van der Waals surface area contributed by atoms with E-state index in [9.17, 15) is 4.79 Å². The van der Waals surface area contributed by atoms with Gasteiger partial charge in [0.1, 0.15) is 5.75 Å². The highest BCUT2D eigenvalue weighted by Gasteiger charge is 2.09. The largest absolute Gasteiger partial charge is 0.423 e. The summed E-state index contributed by atoms with van der Waals surface area (Å²) in [4.78, 5) is 12.1. The average Bonchev–Trinajstić information content (AvgIpc) is 2.54. The standard InChI is InChI=1S/C18H11NO2/c19-12-13-4-3-7-16(10-13)18(20)21-17-9-8-14-5-1-2-6-15(14)11-17/h1-11H. The monoisotopic (exact) mass is 273 g/mol. The summed E-state index contributed by atoms with van der Waals surface area (Å²) in [6.07, 6.45) is 0. The third kappa shape index (κ3) is 2.75. The van der Waals surface area contributed by atoms with Crippen molar-refractivity contribution in [1.82, 2.24) is 0 Å². The molecule has 0 aromatic heterocycles. The number of rotatable bonds is 2. The van der Waals surface area contributed by atoms with E-state index in [4.69, 9.17) is 10.00 Å². The van der Waals surface area contributed by atoms with Gasteiger partial charge in [-0.1, -0.05) is 36.4 Å². The summed E-state index contributed by atoms with van der Waals surface area (Å²) in [6.45, 7) is 0. The summed E-state index contributed by atoms with van der Waals surface area (Å²) in [5, 5.41) is 10.9. The maximum absolute atomic E-state index is 12.1. The molecule has 3 heteroatoms. The van der Waals surface area contributed by atoms with Crippen LogP contribution in [0.15, 0.2) is 66.7 Å². The molecule has 21 heavy (non-hydrogen) atoms. The number of esters is 1. The minimum absolute atomic E-state index is 0.363. The van der Waals surface area contributed by atoms with E-state index in [0.717, 1.165) is 10.8 Å². The fraction of sp³-hybridized carbons (Fsp3) is 0. The summed E-state index contributed by atoms with van der Waals surface area (Å²) in [6, 6.07) is 21.8. The molecule has 0 atom stereocenters. The van der Waals surface area contributed by atoms with Gasteiger partial charge in [-0.15, -0.1) is 0 Å². The Kier molecular flexibility index (Phi) is 3.36. The molecule has 0 spiro atoms. The first-order valence-electron chi connectivity index (χ1n) is 6.47. The van der Waals surface area contributed by atoms with Crippen LogP contribution in [-0.4, -0.2) is 5.97 Å². The lowest BCUT2D eigenvalue weighted by Crippen LogP contribution is -2.08. The molecule has 0 unspecified atom stereocenters. The summed E-state index contributed by atoms with van der Waals surface area (Å²) < 4.78 is 5.36. The number of benzene rings is 3. The number of ether oxygens (including phenoxy) is 1. The lowest BCUT2D eigenvalue weighted by atomic mass is 10.1. The first-order chi connectivity index (χ1) is 10.3. The van der Waals surface area contributed by atoms with Crippen molar-refractivity contribution in [3.63, 3.8) is 0 Å². The topological polar surface area (TPSA) is 50.1 Å². The molecule has 0 aliphatic carbocycles. The number of nitriles is 1. The Hall–Kier alpha value is -3.12. The number of hydrogen-bond donors (Lipinski definition) is 0. The molecule has 3 aromatic rings. The fourth-order valence-electron chi connectivity index (χ4n) is 2.11. The maximum atomic E-state index is 12.1. The zero-order chi connectivity index (χ0) is 14.7. The van der Waals surface area contributed by atoms with Crippen molar-refractivity contribution < 1.29 is 9.53 Å². The van der Waals surface area contributed by atoms with Crippen LogP contribution in [0.25, 0.3) is 10.8 Å². The highest BCUT2D eigenvalue weighted by atomic mass is 16.5. The van der Waals surface area contributed by atoms with Crippen LogP contribution in [0.1, 0.15) is 15.9 Å². The summed E-state index contributed by atoms with van der Waals surface area (Å²) >= 11 is 0. The smallest absolute Gasteiger partial charge is 0.343 e. The van der Waals surface area contributed by atoms with Crippen LogP contribution >= 0.6 is 0 Å². The van der Waals surface area contributed by atoms with Crippen molar-refractivity contribution in [3.8, 4) is 11.8 Å². The van der Waals surface area contributed by atoms with Crippen molar-refractivity contribution in [2.45, 2.75) is 0 Å². The normalized spacial score (nSPS) is 10.0. The molecule has 3 aromatic carbocycles. The Morgan fingerprint density at radius 3 is 2.52 bits per heavy atom. The molecule has 0 saturated carbocycles. The molecule has 0 aliphatic rings. The van der Waals surface area contributed by atoms with Crippen LogP contribution in [0, 0.1) is 11.3 Å². The van der Waals surface area contributed by atoms with Crippen molar-refractivity contribution in [3.05, 3.63) is 77.9 Å². The predicted octanol–water partition coefficient (Wildman–Crippen LogP) is 3.93. The van der Waals surface area contributed by atoms with E-state index in [0.29, 0.717) is 16.9 Å². The van der Waals surface area contributed by atoms with Gasteiger partial charge < -0.3 is 4.74 Å². The van der Waals surface area contributed by atoms with Crippen molar-refractivity contribution in [2.75, 3.05) is 0 Å². The highest BCUT2D eigenvalue weighted by Crippen LogP contribution is 2.21. The molecule has 0 radical (unpaired) electrons. The van der Waals surface area contributed by atoms with E-state index in [1.807, 2.05) is 42.5 Å². The molecule has 0 saturated heterocycles. The molecule has 0 heterocycles. The second-order valence-corrected chi connectivity index (χ2v) is 4.59. The lowest BCUT2D eigenvalue weighted by molar-refractivity contribution is 0.0735. The van der Waals surface area contributed by atoms with Gasteiger partial charge in [-0.25, -0.2) is 4.79 Å². The first-order valence-corrected chi connectivity index (χ1v) is 6.47. The molecule has 3 rings (SSSR count).